The molecule has 1 saturated carbocycles. The minimum Gasteiger partial charge on any atom is -0.381 e. The highest BCUT2D eigenvalue weighted by molar-refractivity contribution is 4.89. The Kier molecular flexibility index (Phi) is 4.22. The van der Waals surface area contributed by atoms with Crippen molar-refractivity contribution >= 4 is 0 Å². The van der Waals surface area contributed by atoms with Crippen LogP contribution >= 0.6 is 0 Å². The number of methoxy groups -OCH3 is 1. The molecule has 0 bridgehead atoms. The first-order valence-corrected chi connectivity index (χ1v) is 6.68. The fourth-order valence-corrected chi connectivity index (χ4v) is 3.40. The number of ether oxygens (including phenoxy) is 1. The normalized spacial score (nSPS) is 41.4. The molecule has 0 amide bonds. The Bertz CT molecular complexity index is 222. The number of nitrogens with zero attached hydrogens (tertiary/aromatic N) is 1. The number of piperidine rings is 1. The van der Waals surface area contributed by atoms with Crippen molar-refractivity contribution in [1.82, 2.24) is 10.2 Å². The summed E-state index contributed by atoms with van der Waals surface area (Å²) in [5.41, 5.74) is 0. The molecule has 4 unspecified atom stereocenters. The second kappa shape index (κ2) is 5.48. The van der Waals surface area contributed by atoms with Gasteiger partial charge >= 0.3 is 0 Å². The second-order valence-electron chi connectivity index (χ2n) is 5.48. The third-order valence-corrected chi connectivity index (χ3v) is 4.51. The van der Waals surface area contributed by atoms with Crippen molar-refractivity contribution < 1.29 is 4.74 Å². The van der Waals surface area contributed by atoms with Crippen LogP contribution < -0.4 is 5.32 Å². The first-order valence-electron chi connectivity index (χ1n) is 6.68. The number of rotatable bonds is 3. The van der Waals surface area contributed by atoms with Gasteiger partial charge in [-0.15, -0.1) is 0 Å². The summed E-state index contributed by atoms with van der Waals surface area (Å²) in [6.45, 7) is 4.89. The molecule has 2 fully saturated rings. The molecule has 4 atom stereocenters. The average molecular weight is 226 g/mol. The zero-order valence-electron chi connectivity index (χ0n) is 10.9. The van der Waals surface area contributed by atoms with Gasteiger partial charge in [-0.05, 0) is 45.2 Å². The molecular formula is C13H26N2O. The highest BCUT2D eigenvalue weighted by Crippen LogP contribution is 2.29. The topological polar surface area (TPSA) is 24.5 Å². The van der Waals surface area contributed by atoms with Crippen LogP contribution in [0.3, 0.4) is 0 Å². The fourth-order valence-electron chi connectivity index (χ4n) is 3.40. The summed E-state index contributed by atoms with van der Waals surface area (Å²) in [6.07, 6.45) is 5.64. The molecule has 0 aromatic rings. The van der Waals surface area contributed by atoms with Crippen molar-refractivity contribution in [1.29, 1.82) is 0 Å². The molecule has 2 aliphatic rings. The van der Waals surface area contributed by atoms with Crippen LogP contribution in [0.25, 0.3) is 0 Å². The summed E-state index contributed by atoms with van der Waals surface area (Å²) in [7, 11) is 3.94. The first-order chi connectivity index (χ1) is 7.74. The molecule has 0 spiro atoms. The fraction of sp³-hybridized carbons (Fsp3) is 1.00. The Morgan fingerprint density at radius 3 is 2.62 bits per heavy atom. The molecule has 0 aromatic heterocycles. The molecular weight excluding hydrogens is 200 g/mol. The van der Waals surface area contributed by atoms with Gasteiger partial charge in [0.1, 0.15) is 0 Å². The lowest BCUT2D eigenvalue weighted by Gasteiger charge is -2.40. The van der Waals surface area contributed by atoms with Gasteiger partial charge in [-0.3, -0.25) is 4.90 Å². The number of likely N-dealkylation sites (tertiary alicyclic amines) is 1. The molecule has 1 aliphatic carbocycles. The summed E-state index contributed by atoms with van der Waals surface area (Å²) in [6, 6.07) is 1.50. The van der Waals surface area contributed by atoms with Crippen LogP contribution in [0.4, 0.5) is 0 Å². The third-order valence-electron chi connectivity index (χ3n) is 4.51. The van der Waals surface area contributed by atoms with Gasteiger partial charge in [-0.25, -0.2) is 0 Å². The molecule has 1 saturated heterocycles. The van der Waals surface area contributed by atoms with Crippen molar-refractivity contribution in [3.05, 3.63) is 0 Å². The molecule has 3 heteroatoms. The Morgan fingerprint density at radius 1 is 1.25 bits per heavy atom. The van der Waals surface area contributed by atoms with Crippen molar-refractivity contribution in [2.75, 3.05) is 27.2 Å². The van der Waals surface area contributed by atoms with E-state index in [0.717, 1.165) is 18.0 Å². The Hall–Kier alpha value is -0.120. The molecule has 0 aromatic carbocycles. The van der Waals surface area contributed by atoms with E-state index in [4.69, 9.17) is 4.74 Å². The van der Waals surface area contributed by atoms with E-state index in [-0.39, 0.29) is 0 Å². The van der Waals surface area contributed by atoms with Crippen molar-refractivity contribution in [3.8, 4) is 0 Å². The van der Waals surface area contributed by atoms with Crippen LogP contribution in [0.1, 0.15) is 32.6 Å². The Balaban J connectivity index is 1.83. The van der Waals surface area contributed by atoms with Crippen molar-refractivity contribution in [2.45, 2.75) is 50.8 Å². The predicted octanol–water partition coefficient (Wildman–Crippen LogP) is 1.48. The van der Waals surface area contributed by atoms with Crippen LogP contribution in [0.15, 0.2) is 0 Å². The van der Waals surface area contributed by atoms with Gasteiger partial charge in [0.05, 0.1) is 6.10 Å². The molecule has 1 N–H and O–H groups in total. The van der Waals surface area contributed by atoms with E-state index in [2.05, 4.69) is 24.2 Å². The van der Waals surface area contributed by atoms with E-state index in [1.807, 2.05) is 7.11 Å². The van der Waals surface area contributed by atoms with Crippen molar-refractivity contribution in [3.63, 3.8) is 0 Å². The van der Waals surface area contributed by atoms with E-state index < -0.39 is 0 Å². The lowest BCUT2D eigenvalue weighted by molar-refractivity contribution is 0.0782. The quantitative estimate of drug-likeness (QED) is 0.789. The third kappa shape index (κ3) is 2.58. The van der Waals surface area contributed by atoms with Crippen molar-refractivity contribution in [2.24, 2.45) is 5.92 Å². The highest BCUT2D eigenvalue weighted by Gasteiger charge is 2.33. The predicted molar refractivity (Wildman–Crippen MR) is 66.6 cm³/mol. The molecule has 0 radical (unpaired) electrons. The lowest BCUT2D eigenvalue weighted by Crippen LogP contribution is -2.50. The zero-order chi connectivity index (χ0) is 11.5. The van der Waals surface area contributed by atoms with Crippen LogP contribution in [-0.4, -0.2) is 50.3 Å². The standard InChI is InChI=1S/C13H26N2O/c1-10-9-15(7-6-13(10)14-2)11-4-5-12(8-11)16-3/h10-14H,4-9H2,1-3H3. The summed E-state index contributed by atoms with van der Waals surface area (Å²) in [5.74, 6) is 0.778. The smallest absolute Gasteiger partial charge is 0.0586 e. The number of hydrogen-bond acceptors (Lipinski definition) is 3. The summed E-state index contributed by atoms with van der Waals surface area (Å²) in [5, 5.41) is 3.43. The van der Waals surface area contributed by atoms with E-state index in [1.165, 1.54) is 38.8 Å². The Labute approximate surface area is 99.5 Å². The van der Waals surface area contributed by atoms with Gasteiger partial charge in [0.25, 0.3) is 0 Å². The van der Waals surface area contributed by atoms with Gasteiger partial charge in [-0.1, -0.05) is 6.92 Å². The van der Waals surface area contributed by atoms with Crippen LogP contribution in [0, 0.1) is 5.92 Å². The monoisotopic (exact) mass is 226 g/mol. The lowest BCUT2D eigenvalue weighted by atomic mass is 9.92. The maximum Gasteiger partial charge on any atom is 0.0586 e. The largest absolute Gasteiger partial charge is 0.381 e. The van der Waals surface area contributed by atoms with Gasteiger partial charge in [0.15, 0.2) is 0 Å². The zero-order valence-corrected chi connectivity index (χ0v) is 10.9. The molecule has 1 aliphatic heterocycles. The summed E-state index contributed by atoms with van der Waals surface area (Å²) < 4.78 is 5.46. The number of nitrogens with one attached hydrogen (secondary N) is 1. The molecule has 3 nitrogen and oxygen atoms in total. The minimum atomic E-state index is 0.516. The van der Waals surface area contributed by atoms with E-state index in [9.17, 15) is 0 Å². The SMILES string of the molecule is CNC1CCN(C2CCC(OC)C2)CC1C. The Morgan fingerprint density at radius 2 is 2.06 bits per heavy atom. The molecule has 94 valence electrons. The van der Waals surface area contributed by atoms with Crippen LogP contribution in [0.2, 0.25) is 0 Å². The first kappa shape index (κ1) is 12.3. The van der Waals surface area contributed by atoms with E-state index >= 15 is 0 Å². The molecule has 16 heavy (non-hydrogen) atoms. The van der Waals surface area contributed by atoms with E-state index in [0.29, 0.717) is 6.10 Å². The number of hydrogen-bond donors (Lipinski definition) is 1. The van der Waals surface area contributed by atoms with Gasteiger partial charge in [0.2, 0.25) is 0 Å². The maximum atomic E-state index is 5.46. The maximum absolute atomic E-state index is 5.46. The van der Waals surface area contributed by atoms with Crippen LogP contribution in [0.5, 0.6) is 0 Å². The van der Waals surface area contributed by atoms with Gasteiger partial charge in [0, 0.05) is 25.7 Å². The highest BCUT2D eigenvalue weighted by atomic mass is 16.5. The summed E-state index contributed by atoms with van der Waals surface area (Å²) in [4.78, 5) is 2.69. The van der Waals surface area contributed by atoms with E-state index in [1.54, 1.807) is 0 Å². The van der Waals surface area contributed by atoms with Gasteiger partial charge in [-0.2, -0.15) is 0 Å². The summed E-state index contributed by atoms with van der Waals surface area (Å²) >= 11 is 0. The molecule has 1 heterocycles. The minimum absolute atomic E-state index is 0.516. The molecule has 2 rings (SSSR count). The van der Waals surface area contributed by atoms with Gasteiger partial charge < -0.3 is 10.1 Å². The average Bonchev–Trinajstić information content (AvgIpc) is 2.77. The van der Waals surface area contributed by atoms with Crippen LogP contribution in [-0.2, 0) is 4.74 Å². The second-order valence-corrected chi connectivity index (χ2v) is 5.48.